The highest BCUT2D eigenvalue weighted by molar-refractivity contribution is 5.17. The molecular weight excluding hydrogens is 180 g/mol. The summed E-state index contributed by atoms with van der Waals surface area (Å²) in [5.74, 6) is 0.636. The van der Waals surface area contributed by atoms with Crippen LogP contribution < -0.4 is 10.1 Å². The van der Waals surface area contributed by atoms with Crippen LogP contribution in [0.5, 0.6) is 5.88 Å². The monoisotopic (exact) mass is 194 g/mol. The number of methoxy groups -OCH3 is 1. The van der Waals surface area contributed by atoms with Crippen LogP contribution in [0.2, 0.25) is 0 Å². The van der Waals surface area contributed by atoms with E-state index in [1.807, 2.05) is 18.2 Å². The van der Waals surface area contributed by atoms with Gasteiger partial charge in [-0.3, -0.25) is 0 Å². The number of aromatic nitrogens is 1. The predicted molar refractivity (Wildman–Crippen MR) is 52.4 cm³/mol. The van der Waals surface area contributed by atoms with Gasteiger partial charge in [-0.25, -0.2) is 4.98 Å². The molecule has 14 heavy (non-hydrogen) atoms. The first-order chi connectivity index (χ1) is 6.90. The van der Waals surface area contributed by atoms with Gasteiger partial charge in [0.15, 0.2) is 0 Å². The summed E-state index contributed by atoms with van der Waals surface area (Å²) in [7, 11) is 1.62. The van der Waals surface area contributed by atoms with Crippen molar-refractivity contribution < 1.29 is 9.47 Å². The summed E-state index contributed by atoms with van der Waals surface area (Å²) in [5.41, 5.74) is 0.927. The van der Waals surface area contributed by atoms with E-state index < -0.39 is 0 Å². The Morgan fingerprint density at radius 3 is 3.21 bits per heavy atom. The molecule has 1 aliphatic rings. The molecule has 76 valence electrons. The summed E-state index contributed by atoms with van der Waals surface area (Å²) >= 11 is 0. The summed E-state index contributed by atoms with van der Waals surface area (Å²) in [6.07, 6.45) is 0.0545. The zero-order valence-electron chi connectivity index (χ0n) is 8.19. The zero-order chi connectivity index (χ0) is 9.80. The van der Waals surface area contributed by atoms with E-state index in [0.29, 0.717) is 5.88 Å². The van der Waals surface area contributed by atoms with Crippen molar-refractivity contribution in [3.63, 3.8) is 0 Å². The molecule has 0 aliphatic carbocycles. The van der Waals surface area contributed by atoms with Gasteiger partial charge in [-0.2, -0.15) is 0 Å². The van der Waals surface area contributed by atoms with Crippen molar-refractivity contribution in [3.05, 3.63) is 23.9 Å². The molecule has 1 saturated heterocycles. The molecule has 1 aromatic heterocycles. The Kier molecular flexibility index (Phi) is 2.96. The highest BCUT2D eigenvalue weighted by Crippen LogP contribution is 2.18. The third-order valence-electron chi connectivity index (χ3n) is 2.21. The largest absolute Gasteiger partial charge is 0.481 e. The molecule has 0 saturated carbocycles. The maximum absolute atomic E-state index is 5.58. The van der Waals surface area contributed by atoms with Crippen LogP contribution in [0.15, 0.2) is 18.2 Å². The molecule has 0 radical (unpaired) electrons. The van der Waals surface area contributed by atoms with Crippen LogP contribution in [0.3, 0.4) is 0 Å². The van der Waals surface area contributed by atoms with Gasteiger partial charge in [-0.05, 0) is 6.07 Å². The molecule has 1 aliphatic heterocycles. The third kappa shape index (κ3) is 2.02. The van der Waals surface area contributed by atoms with Crippen molar-refractivity contribution in [3.8, 4) is 5.88 Å². The Balaban J connectivity index is 2.13. The minimum absolute atomic E-state index is 0.0545. The Labute approximate surface area is 83.2 Å². The molecule has 2 heterocycles. The van der Waals surface area contributed by atoms with E-state index >= 15 is 0 Å². The van der Waals surface area contributed by atoms with Crippen LogP contribution in [0.25, 0.3) is 0 Å². The average Bonchev–Trinajstić information content (AvgIpc) is 2.30. The maximum Gasteiger partial charge on any atom is 0.213 e. The van der Waals surface area contributed by atoms with E-state index in [2.05, 4.69) is 10.3 Å². The van der Waals surface area contributed by atoms with Gasteiger partial charge in [-0.1, -0.05) is 6.07 Å². The topological polar surface area (TPSA) is 43.4 Å². The molecule has 4 heteroatoms. The highest BCUT2D eigenvalue weighted by atomic mass is 16.5. The summed E-state index contributed by atoms with van der Waals surface area (Å²) in [5, 5.41) is 3.26. The van der Waals surface area contributed by atoms with Gasteiger partial charge in [0.05, 0.1) is 19.4 Å². The number of rotatable bonds is 2. The van der Waals surface area contributed by atoms with Crippen molar-refractivity contribution >= 4 is 0 Å². The molecule has 1 atom stereocenters. The Morgan fingerprint density at radius 1 is 1.57 bits per heavy atom. The summed E-state index contributed by atoms with van der Waals surface area (Å²) in [4.78, 5) is 4.33. The molecule has 0 amide bonds. The average molecular weight is 194 g/mol. The molecule has 1 aromatic rings. The van der Waals surface area contributed by atoms with Crippen molar-refractivity contribution in [2.24, 2.45) is 0 Å². The first kappa shape index (κ1) is 9.43. The Bertz CT molecular complexity index is 298. The third-order valence-corrected chi connectivity index (χ3v) is 2.21. The van der Waals surface area contributed by atoms with Gasteiger partial charge in [0.2, 0.25) is 5.88 Å². The van der Waals surface area contributed by atoms with Crippen LogP contribution in [0.4, 0.5) is 0 Å². The number of hydrogen-bond acceptors (Lipinski definition) is 4. The minimum atomic E-state index is 0.0545. The van der Waals surface area contributed by atoms with E-state index in [9.17, 15) is 0 Å². The lowest BCUT2D eigenvalue weighted by atomic mass is 10.2. The fourth-order valence-electron chi connectivity index (χ4n) is 1.48. The summed E-state index contributed by atoms with van der Waals surface area (Å²) in [6.45, 7) is 2.48. The number of morpholine rings is 1. The number of nitrogens with one attached hydrogen (secondary N) is 1. The Morgan fingerprint density at radius 2 is 2.50 bits per heavy atom. The lowest BCUT2D eigenvalue weighted by Gasteiger charge is -2.23. The SMILES string of the molecule is COc1cccc(C2CNCCO2)n1. The van der Waals surface area contributed by atoms with Crippen LogP contribution >= 0.6 is 0 Å². The minimum Gasteiger partial charge on any atom is -0.481 e. The standard InChI is InChI=1S/C10H14N2O2/c1-13-10-4-2-3-8(12-10)9-7-11-5-6-14-9/h2-4,9,11H,5-7H2,1H3. The lowest BCUT2D eigenvalue weighted by Crippen LogP contribution is -2.33. The highest BCUT2D eigenvalue weighted by Gasteiger charge is 2.16. The summed E-state index contributed by atoms with van der Waals surface area (Å²) < 4.78 is 10.6. The molecular formula is C10H14N2O2. The molecule has 1 fully saturated rings. The van der Waals surface area contributed by atoms with Crippen molar-refractivity contribution in [1.82, 2.24) is 10.3 Å². The number of ether oxygens (including phenoxy) is 2. The summed E-state index contributed by atoms with van der Waals surface area (Å²) in [6, 6.07) is 5.72. The number of nitrogens with zero attached hydrogens (tertiary/aromatic N) is 1. The van der Waals surface area contributed by atoms with Gasteiger partial charge in [0, 0.05) is 19.2 Å². The lowest BCUT2D eigenvalue weighted by molar-refractivity contribution is 0.0247. The quantitative estimate of drug-likeness (QED) is 0.754. The van der Waals surface area contributed by atoms with E-state index in [1.54, 1.807) is 7.11 Å². The fraction of sp³-hybridized carbons (Fsp3) is 0.500. The fourth-order valence-corrected chi connectivity index (χ4v) is 1.48. The van der Waals surface area contributed by atoms with Gasteiger partial charge in [0.1, 0.15) is 6.10 Å². The molecule has 4 nitrogen and oxygen atoms in total. The van der Waals surface area contributed by atoms with Crippen molar-refractivity contribution in [2.75, 3.05) is 26.8 Å². The van der Waals surface area contributed by atoms with Crippen LogP contribution in [0, 0.1) is 0 Å². The van der Waals surface area contributed by atoms with Crippen molar-refractivity contribution in [1.29, 1.82) is 0 Å². The molecule has 1 N–H and O–H groups in total. The van der Waals surface area contributed by atoms with Crippen LogP contribution in [-0.4, -0.2) is 31.8 Å². The molecule has 1 unspecified atom stereocenters. The zero-order valence-corrected chi connectivity index (χ0v) is 8.19. The second kappa shape index (κ2) is 4.39. The van der Waals surface area contributed by atoms with Gasteiger partial charge in [-0.15, -0.1) is 0 Å². The Hall–Kier alpha value is -1.13. The van der Waals surface area contributed by atoms with Crippen LogP contribution in [0.1, 0.15) is 11.8 Å². The smallest absolute Gasteiger partial charge is 0.213 e. The maximum atomic E-state index is 5.58. The first-order valence-corrected chi connectivity index (χ1v) is 4.73. The van der Waals surface area contributed by atoms with E-state index in [0.717, 1.165) is 25.4 Å². The number of hydrogen-bond donors (Lipinski definition) is 1. The number of pyridine rings is 1. The van der Waals surface area contributed by atoms with Crippen LogP contribution in [-0.2, 0) is 4.74 Å². The second-order valence-electron chi connectivity index (χ2n) is 3.17. The van der Waals surface area contributed by atoms with Crippen molar-refractivity contribution in [2.45, 2.75) is 6.10 Å². The van der Waals surface area contributed by atoms with Gasteiger partial charge < -0.3 is 14.8 Å². The predicted octanol–water partition coefficient (Wildman–Crippen LogP) is 0.751. The van der Waals surface area contributed by atoms with E-state index in [1.165, 1.54) is 0 Å². The second-order valence-corrected chi connectivity index (χ2v) is 3.17. The molecule has 0 aromatic carbocycles. The van der Waals surface area contributed by atoms with E-state index in [4.69, 9.17) is 9.47 Å². The van der Waals surface area contributed by atoms with Gasteiger partial charge in [0.25, 0.3) is 0 Å². The van der Waals surface area contributed by atoms with Gasteiger partial charge >= 0.3 is 0 Å². The first-order valence-electron chi connectivity index (χ1n) is 4.73. The molecule has 0 bridgehead atoms. The molecule has 0 spiro atoms. The van der Waals surface area contributed by atoms with E-state index in [-0.39, 0.29) is 6.10 Å². The normalized spacial score (nSPS) is 21.9. The molecule has 2 rings (SSSR count).